The Morgan fingerprint density at radius 3 is 1.89 bits per heavy atom. The number of hydrogen-bond acceptors (Lipinski definition) is 4. The number of H-pyrrole nitrogens is 2. The van der Waals surface area contributed by atoms with E-state index in [1.165, 1.54) is 0 Å². The first kappa shape index (κ1) is 23.0. The normalized spacial score (nSPS) is 12.5. The monoisotopic (exact) mass is 503 g/mol. The van der Waals surface area contributed by atoms with Crippen molar-refractivity contribution in [3.05, 3.63) is 83.3 Å². The molecule has 1 radical (unpaired) electrons. The molecule has 6 rings (SSSR count). The standard InChI is InChI=1S/C28H24N6.Co/c1-28(2,3)27-16-29-26(15-30-27)24-13-23-12-21-7-6-19(32-21)10-17-4-5-18(31-17)11-20-8-9-22(33-20)14-25(24)34-23;/h4-16,32,34H,1-3H3;. The van der Waals surface area contributed by atoms with Crippen molar-refractivity contribution in [1.82, 2.24) is 29.9 Å². The van der Waals surface area contributed by atoms with E-state index in [1.807, 2.05) is 54.9 Å². The molecule has 8 bridgehead atoms. The van der Waals surface area contributed by atoms with Gasteiger partial charge < -0.3 is 9.97 Å². The number of rotatable bonds is 1. The Bertz CT molecular complexity index is 1630. The number of hydrogen-bond donors (Lipinski definition) is 2. The second kappa shape index (κ2) is 8.76. The van der Waals surface area contributed by atoms with E-state index in [9.17, 15) is 0 Å². The van der Waals surface area contributed by atoms with Crippen LogP contribution < -0.4 is 0 Å². The summed E-state index contributed by atoms with van der Waals surface area (Å²) in [5, 5.41) is 0. The third-order valence-electron chi connectivity index (χ3n) is 5.86. The van der Waals surface area contributed by atoms with Crippen molar-refractivity contribution >= 4 is 46.4 Å². The van der Waals surface area contributed by atoms with Gasteiger partial charge in [-0.15, -0.1) is 0 Å². The molecule has 0 unspecified atom stereocenters. The molecule has 0 saturated carbocycles. The van der Waals surface area contributed by atoms with Crippen molar-refractivity contribution in [3.63, 3.8) is 0 Å². The fourth-order valence-corrected chi connectivity index (χ4v) is 4.08. The van der Waals surface area contributed by atoms with Gasteiger partial charge in [-0.3, -0.25) is 9.97 Å². The second-order valence-electron chi connectivity index (χ2n) is 9.63. The van der Waals surface area contributed by atoms with Gasteiger partial charge in [-0.2, -0.15) is 0 Å². The predicted octanol–water partition coefficient (Wildman–Crippen LogP) is 6.41. The summed E-state index contributed by atoms with van der Waals surface area (Å²) >= 11 is 0. The zero-order valence-corrected chi connectivity index (χ0v) is 20.7. The minimum absolute atomic E-state index is 0. The van der Waals surface area contributed by atoms with Crippen LogP contribution in [0.5, 0.6) is 0 Å². The summed E-state index contributed by atoms with van der Waals surface area (Å²) in [6, 6.07) is 14.4. The van der Waals surface area contributed by atoms with E-state index in [1.54, 1.807) is 0 Å². The van der Waals surface area contributed by atoms with Crippen LogP contribution in [0.1, 0.15) is 49.2 Å². The molecule has 0 aliphatic carbocycles. The maximum atomic E-state index is 4.77. The maximum Gasteiger partial charge on any atom is 0.0907 e. The van der Waals surface area contributed by atoms with Crippen molar-refractivity contribution in [2.75, 3.05) is 0 Å². The summed E-state index contributed by atoms with van der Waals surface area (Å²) in [5.41, 5.74) is 10.2. The third-order valence-corrected chi connectivity index (χ3v) is 5.86. The molecule has 7 heteroatoms. The van der Waals surface area contributed by atoms with E-state index in [-0.39, 0.29) is 22.2 Å². The van der Waals surface area contributed by atoms with Gasteiger partial charge >= 0.3 is 0 Å². The Balaban J connectivity index is 0.00000253. The molecule has 0 atom stereocenters. The smallest absolute Gasteiger partial charge is 0.0907 e. The van der Waals surface area contributed by atoms with Crippen LogP contribution in [0, 0.1) is 0 Å². The van der Waals surface area contributed by atoms with Crippen LogP contribution >= 0.6 is 0 Å². The van der Waals surface area contributed by atoms with Crippen LogP contribution in [0.2, 0.25) is 0 Å². The molecule has 6 heterocycles. The minimum Gasteiger partial charge on any atom is -0.355 e. The van der Waals surface area contributed by atoms with Gasteiger partial charge in [-0.05, 0) is 66.8 Å². The molecule has 4 aromatic rings. The fourth-order valence-electron chi connectivity index (χ4n) is 4.08. The van der Waals surface area contributed by atoms with Crippen molar-refractivity contribution in [1.29, 1.82) is 0 Å². The number of aromatic nitrogens is 6. The molecule has 0 saturated heterocycles. The molecule has 0 aromatic carbocycles. The largest absolute Gasteiger partial charge is 0.355 e. The summed E-state index contributed by atoms with van der Waals surface area (Å²) < 4.78 is 0. The van der Waals surface area contributed by atoms with Crippen LogP contribution in [-0.2, 0) is 22.2 Å². The van der Waals surface area contributed by atoms with Crippen LogP contribution in [0.15, 0.2) is 54.9 Å². The molecule has 2 aliphatic heterocycles. The summed E-state index contributed by atoms with van der Waals surface area (Å²) in [5.74, 6) is 0. The number of fused-ring (bicyclic) bond motifs is 8. The fraction of sp³-hybridized carbons (Fsp3) is 0.143. The topological polar surface area (TPSA) is 83.1 Å². The average molecular weight is 503 g/mol. The number of nitrogens with zero attached hydrogens (tertiary/aromatic N) is 4. The van der Waals surface area contributed by atoms with E-state index in [0.29, 0.717) is 0 Å². The molecule has 2 N–H and O–H groups in total. The summed E-state index contributed by atoms with van der Waals surface area (Å²) in [4.78, 5) is 25.9. The van der Waals surface area contributed by atoms with Gasteiger partial charge in [0.15, 0.2) is 0 Å². The van der Waals surface area contributed by atoms with Gasteiger partial charge in [0, 0.05) is 50.5 Å². The SMILES string of the molecule is CC(C)(C)c1cnc(-c2cc3cc4ccc(cc5nc(cc6nc(cc2[nH]3)C=C6)C=C5)[nH]4)cn1.[Co]. The molecule has 0 amide bonds. The summed E-state index contributed by atoms with van der Waals surface area (Å²) in [7, 11) is 0. The maximum absolute atomic E-state index is 4.77. The zero-order chi connectivity index (χ0) is 23.3. The Morgan fingerprint density at radius 1 is 0.629 bits per heavy atom. The molecule has 0 spiro atoms. The predicted molar refractivity (Wildman–Crippen MR) is 139 cm³/mol. The molecular weight excluding hydrogens is 479 g/mol. The van der Waals surface area contributed by atoms with E-state index >= 15 is 0 Å². The molecule has 35 heavy (non-hydrogen) atoms. The molecule has 2 aliphatic rings. The van der Waals surface area contributed by atoms with Gasteiger partial charge in [0.05, 0.1) is 45.9 Å². The first-order valence-corrected chi connectivity index (χ1v) is 11.3. The van der Waals surface area contributed by atoms with Crippen molar-refractivity contribution < 1.29 is 16.8 Å². The van der Waals surface area contributed by atoms with Crippen LogP contribution in [0.4, 0.5) is 0 Å². The van der Waals surface area contributed by atoms with Crippen LogP contribution in [-0.4, -0.2) is 29.9 Å². The molecular formula is C28H24CoN6. The Labute approximate surface area is 213 Å². The molecule has 4 aromatic heterocycles. The van der Waals surface area contributed by atoms with E-state index < -0.39 is 0 Å². The average Bonchev–Trinajstić information content (AvgIpc) is 3.58. The quantitative estimate of drug-likeness (QED) is 0.272. The summed E-state index contributed by atoms with van der Waals surface area (Å²) in [6.45, 7) is 6.42. The molecule has 0 fully saturated rings. The first-order valence-electron chi connectivity index (χ1n) is 11.3. The zero-order valence-electron chi connectivity index (χ0n) is 19.6. The van der Waals surface area contributed by atoms with E-state index in [0.717, 1.165) is 61.8 Å². The molecule has 175 valence electrons. The van der Waals surface area contributed by atoms with E-state index in [4.69, 9.17) is 9.97 Å². The van der Waals surface area contributed by atoms with Crippen molar-refractivity contribution in [2.45, 2.75) is 26.2 Å². The van der Waals surface area contributed by atoms with Gasteiger partial charge in [0.25, 0.3) is 0 Å². The van der Waals surface area contributed by atoms with Crippen molar-refractivity contribution in [2.24, 2.45) is 0 Å². The van der Waals surface area contributed by atoms with Gasteiger partial charge in [-0.25, -0.2) is 9.97 Å². The van der Waals surface area contributed by atoms with Gasteiger partial charge in [0.2, 0.25) is 0 Å². The Kier molecular flexibility index (Phi) is 5.74. The number of nitrogens with one attached hydrogen (secondary N) is 2. The summed E-state index contributed by atoms with van der Waals surface area (Å²) in [6.07, 6.45) is 11.8. The van der Waals surface area contributed by atoms with E-state index in [2.05, 4.69) is 65.0 Å². The minimum atomic E-state index is -0.0487. The van der Waals surface area contributed by atoms with Gasteiger partial charge in [0.1, 0.15) is 0 Å². The Morgan fingerprint density at radius 2 is 1.26 bits per heavy atom. The number of aromatic amines is 2. The third kappa shape index (κ3) is 4.73. The molecule has 6 nitrogen and oxygen atoms in total. The Hall–Kier alpha value is -3.81. The van der Waals surface area contributed by atoms with Gasteiger partial charge in [-0.1, -0.05) is 20.8 Å². The second-order valence-corrected chi connectivity index (χ2v) is 9.63. The first-order chi connectivity index (χ1) is 16.4. The van der Waals surface area contributed by atoms with Crippen LogP contribution in [0.3, 0.4) is 0 Å². The van der Waals surface area contributed by atoms with Crippen molar-refractivity contribution in [3.8, 4) is 11.3 Å². The van der Waals surface area contributed by atoms with Crippen LogP contribution in [0.25, 0.3) is 57.6 Å².